The van der Waals surface area contributed by atoms with Gasteiger partial charge in [0.05, 0.1) is 5.41 Å². The second-order valence-corrected chi connectivity index (χ2v) is 8.44. The van der Waals surface area contributed by atoms with Gasteiger partial charge in [-0.3, -0.25) is 9.79 Å². The summed E-state index contributed by atoms with van der Waals surface area (Å²) in [5, 5.41) is 6.83. The van der Waals surface area contributed by atoms with Crippen LogP contribution in [0.25, 0.3) is 0 Å². The molecule has 27 heavy (non-hydrogen) atoms. The predicted molar refractivity (Wildman–Crippen MR) is 124 cm³/mol. The van der Waals surface area contributed by atoms with Crippen molar-refractivity contribution in [2.75, 3.05) is 53.9 Å². The molecule has 1 amide bonds. The predicted octanol–water partition coefficient (Wildman–Crippen LogP) is 2.54. The molecule has 1 saturated heterocycles. The van der Waals surface area contributed by atoms with Gasteiger partial charge < -0.3 is 20.4 Å². The van der Waals surface area contributed by atoms with Gasteiger partial charge in [-0.05, 0) is 51.1 Å². The number of aliphatic imine (C=N–C) groups is 1. The van der Waals surface area contributed by atoms with Crippen molar-refractivity contribution in [2.45, 2.75) is 51.9 Å². The van der Waals surface area contributed by atoms with Gasteiger partial charge in [-0.1, -0.05) is 19.8 Å². The zero-order valence-electron chi connectivity index (χ0n) is 17.7. The number of likely N-dealkylation sites (tertiary alicyclic amines) is 1. The first-order chi connectivity index (χ1) is 12.5. The number of nitrogens with zero attached hydrogens (tertiary/aromatic N) is 3. The summed E-state index contributed by atoms with van der Waals surface area (Å²) in [7, 11) is 5.52. The monoisotopic (exact) mass is 493 g/mol. The van der Waals surface area contributed by atoms with Gasteiger partial charge in [0.2, 0.25) is 5.91 Å². The van der Waals surface area contributed by atoms with E-state index < -0.39 is 0 Å². The Morgan fingerprint density at radius 1 is 1.22 bits per heavy atom. The molecule has 2 rings (SSSR count). The van der Waals surface area contributed by atoms with Crippen molar-refractivity contribution >= 4 is 35.8 Å². The fourth-order valence-corrected chi connectivity index (χ4v) is 4.47. The van der Waals surface area contributed by atoms with Crippen LogP contribution < -0.4 is 10.6 Å². The summed E-state index contributed by atoms with van der Waals surface area (Å²) in [4.78, 5) is 21.3. The minimum atomic E-state index is -0.259. The summed E-state index contributed by atoms with van der Waals surface area (Å²) in [6.07, 6.45) is 8.05. The van der Waals surface area contributed by atoms with E-state index in [1.54, 1.807) is 11.9 Å². The van der Waals surface area contributed by atoms with Crippen LogP contribution in [0.15, 0.2) is 4.99 Å². The van der Waals surface area contributed by atoms with E-state index in [0.29, 0.717) is 6.54 Å². The second-order valence-electron chi connectivity index (χ2n) is 8.44. The molecule has 0 spiro atoms. The van der Waals surface area contributed by atoms with E-state index in [1.165, 1.54) is 25.9 Å². The number of nitrogens with one attached hydrogen (secondary N) is 2. The Labute approximate surface area is 182 Å². The fourth-order valence-electron chi connectivity index (χ4n) is 4.47. The van der Waals surface area contributed by atoms with E-state index in [0.717, 1.165) is 57.1 Å². The number of hydrogen-bond acceptors (Lipinski definition) is 3. The number of amides is 1. The highest BCUT2D eigenvalue weighted by Crippen LogP contribution is 2.38. The van der Waals surface area contributed by atoms with Gasteiger partial charge in [0.15, 0.2) is 5.96 Å². The van der Waals surface area contributed by atoms with Crippen molar-refractivity contribution in [3.8, 4) is 0 Å². The van der Waals surface area contributed by atoms with Crippen molar-refractivity contribution in [3.63, 3.8) is 0 Å². The normalized spacial score (nSPS) is 22.8. The van der Waals surface area contributed by atoms with Gasteiger partial charge in [0, 0.05) is 40.8 Å². The van der Waals surface area contributed by atoms with Gasteiger partial charge in [0.1, 0.15) is 0 Å². The lowest BCUT2D eigenvalue weighted by molar-refractivity contribution is -0.138. The molecule has 158 valence electrons. The Kier molecular flexibility index (Phi) is 11.0. The maximum atomic E-state index is 12.6. The third kappa shape index (κ3) is 7.40. The number of carbonyl (C=O) groups excluding carboxylic acids is 1. The van der Waals surface area contributed by atoms with E-state index in [1.807, 2.05) is 14.1 Å². The molecule has 2 N–H and O–H groups in total. The Morgan fingerprint density at radius 2 is 1.93 bits per heavy atom. The molecule has 7 heteroatoms. The number of guanidine groups is 1. The smallest absolute Gasteiger partial charge is 0.230 e. The minimum Gasteiger partial charge on any atom is -0.356 e. The van der Waals surface area contributed by atoms with Gasteiger partial charge in [-0.15, -0.1) is 24.0 Å². The number of hydrogen-bond donors (Lipinski definition) is 2. The lowest BCUT2D eigenvalue weighted by atomic mass is 9.84. The summed E-state index contributed by atoms with van der Waals surface area (Å²) in [6.45, 7) is 7.57. The molecule has 2 aliphatic rings. The van der Waals surface area contributed by atoms with Crippen LogP contribution in [0.2, 0.25) is 0 Å². The van der Waals surface area contributed by atoms with Crippen molar-refractivity contribution in [1.29, 1.82) is 0 Å². The van der Waals surface area contributed by atoms with Crippen LogP contribution in [0.1, 0.15) is 51.9 Å². The molecule has 6 nitrogen and oxygen atoms in total. The molecule has 1 aliphatic carbocycles. The quantitative estimate of drug-likeness (QED) is 0.248. The first-order valence-electron chi connectivity index (χ1n) is 10.4. The third-order valence-corrected chi connectivity index (χ3v) is 5.92. The lowest BCUT2D eigenvalue weighted by Crippen LogP contribution is -2.49. The Morgan fingerprint density at radius 3 is 2.52 bits per heavy atom. The average molecular weight is 493 g/mol. The lowest BCUT2D eigenvalue weighted by Gasteiger charge is -2.32. The molecule has 1 aliphatic heterocycles. The Bertz CT molecular complexity index is 477. The summed E-state index contributed by atoms with van der Waals surface area (Å²) in [6, 6.07) is 0. The van der Waals surface area contributed by atoms with Crippen molar-refractivity contribution in [1.82, 2.24) is 20.4 Å². The Hall–Kier alpha value is -0.570. The molecule has 0 aromatic carbocycles. The molecule has 0 radical (unpaired) electrons. The van der Waals surface area contributed by atoms with E-state index in [4.69, 9.17) is 0 Å². The molecule has 2 fully saturated rings. The molecule has 1 unspecified atom stereocenters. The molecule has 0 aromatic rings. The summed E-state index contributed by atoms with van der Waals surface area (Å²) < 4.78 is 0. The van der Waals surface area contributed by atoms with Crippen LogP contribution >= 0.6 is 24.0 Å². The highest BCUT2D eigenvalue weighted by Gasteiger charge is 2.42. The van der Waals surface area contributed by atoms with E-state index in [2.05, 4.69) is 27.4 Å². The highest BCUT2D eigenvalue weighted by atomic mass is 127. The number of halogens is 1. The first-order valence-corrected chi connectivity index (χ1v) is 10.4. The van der Waals surface area contributed by atoms with E-state index >= 15 is 0 Å². The first kappa shape index (κ1) is 24.5. The zero-order valence-corrected chi connectivity index (χ0v) is 20.1. The largest absolute Gasteiger partial charge is 0.356 e. The molecule has 0 aromatic heterocycles. The topological polar surface area (TPSA) is 60.0 Å². The van der Waals surface area contributed by atoms with Crippen molar-refractivity contribution < 1.29 is 4.79 Å². The maximum Gasteiger partial charge on any atom is 0.230 e. The van der Waals surface area contributed by atoms with Crippen LogP contribution in [0.3, 0.4) is 0 Å². The van der Waals surface area contributed by atoms with Crippen LogP contribution in [-0.2, 0) is 4.79 Å². The average Bonchev–Trinajstić information content (AvgIpc) is 3.10. The number of carbonyl (C=O) groups is 1. The van der Waals surface area contributed by atoms with Crippen LogP contribution in [0.5, 0.6) is 0 Å². The van der Waals surface area contributed by atoms with Crippen molar-refractivity contribution in [3.05, 3.63) is 0 Å². The molecule has 1 saturated carbocycles. The van der Waals surface area contributed by atoms with Crippen LogP contribution in [-0.4, -0.2) is 75.5 Å². The Balaban J connectivity index is 0.00000364. The molecule has 1 heterocycles. The third-order valence-electron chi connectivity index (χ3n) is 5.92. The van der Waals surface area contributed by atoms with Gasteiger partial charge >= 0.3 is 0 Å². The number of piperidine rings is 1. The fraction of sp³-hybridized carbons (Fsp3) is 0.900. The van der Waals surface area contributed by atoms with E-state index in [-0.39, 0.29) is 35.3 Å². The van der Waals surface area contributed by atoms with Gasteiger partial charge in [0.25, 0.3) is 0 Å². The molecule has 0 bridgehead atoms. The summed E-state index contributed by atoms with van der Waals surface area (Å²) in [5.74, 6) is 1.90. The molecule has 1 atom stereocenters. The zero-order chi connectivity index (χ0) is 19.0. The molecular formula is C20H40IN5O. The summed E-state index contributed by atoms with van der Waals surface area (Å²) in [5.41, 5.74) is -0.259. The summed E-state index contributed by atoms with van der Waals surface area (Å²) >= 11 is 0. The van der Waals surface area contributed by atoms with Crippen molar-refractivity contribution in [2.24, 2.45) is 16.3 Å². The number of rotatable bonds is 7. The van der Waals surface area contributed by atoms with Gasteiger partial charge in [-0.2, -0.15) is 0 Å². The van der Waals surface area contributed by atoms with Gasteiger partial charge in [-0.25, -0.2) is 0 Å². The van der Waals surface area contributed by atoms with E-state index in [9.17, 15) is 4.79 Å². The SMILES string of the molecule is CN=C(NCCCN1CCCC(C)C1)NCC1(C(=O)N(C)C)CCCC1.I. The maximum absolute atomic E-state index is 12.6. The molecular weight excluding hydrogens is 453 g/mol. The standard InChI is InChI=1S/C20H39N5O.HI/c1-17-9-7-13-25(15-17)14-8-12-22-19(21-2)23-16-20(10-5-6-11-20)18(26)24(3)4;/h17H,5-16H2,1-4H3,(H2,21,22,23);1H. The minimum absolute atomic E-state index is 0. The van der Waals surface area contributed by atoms with Crippen LogP contribution in [0.4, 0.5) is 0 Å². The second kappa shape index (κ2) is 12.1. The highest BCUT2D eigenvalue weighted by molar-refractivity contribution is 14.0. The van der Waals surface area contributed by atoms with Crippen LogP contribution in [0, 0.1) is 11.3 Å².